The molecule has 5 heteroatoms. The molecule has 0 aromatic heterocycles. The molecule has 0 fully saturated rings. The summed E-state index contributed by atoms with van der Waals surface area (Å²) < 4.78 is 36.5. The monoisotopic (exact) mass is 176 g/mol. The minimum absolute atomic E-state index is 0.00463. The first-order valence-corrected chi connectivity index (χ1v) is 3.51. The van der Waals surface area contributed by atoms with Crippen LogP contribution in [0.2, 0.25) is 0 Å². The second-order valence-electron chi connectivity index (χ2n) is 2.89. The van der Waals surface area contributed by atoms with E-state index < -0.39 is 11.8 Å². The van der Waals surface area contributed by atoms with Gasteiger partial charge in [0.1, 0.15) is 0 Å². The standard InChI is InChI=1S/C7H8BF3O/c1-6(12,7(9,10)11)5-3-2-4-8-5/h2-4,8,12H,1H3. The molecule has 1 N–H and O–H groups in total. The summed E-state index contributed by atoms with van der Waals surface area (Å²) >= 11 is 0. The van der Waals surface area contributed by atoms with Crippen molar-refractivity contribution in [2.75, 3.05) is 0 Å². The summed E-state index contributed by atoms with van der Waals surface area (Å²) in [7, 11) is 0.173. The first kappa shape index (κ1) is 9.38. The zero-order valence-electron chi connectivity index (χ0n) is 6.52. The van der Waals surface area contributed by atoms with Crippen molar-refractivity contribution in [1.29, 1.82) is 0 Å². The minimum atomic E-state index is -4.59. The molecule has 1 aliphatic rings. The largest absolute Gasteiger partial charge is 0.420 e. The summed E-state index contributed by atoms with van der Waals surface area (Å²) in [5.74, 6) is 1.58. The molecular formula is C7H8BF3O. The average molecular weight is 176 g/mol. The van der Waals surface area contributed by atoms with Gasteiger partial charge < -0.3 is 5.11 Å². The lowest BCUT2D eigenvalue weighted by Crippen LogP contribution is -2.44. The first-order chi connectivity index (χ1) is 5.36. The topological polar surface area (TPSA) is 20.2 Å². The van der Waals surface area contributed by atoms with E-state index >= 15 is 0 Å². The van der Waals surface area contributed by atoms with E-state index in [9.17, 15) is 13.2 Å². The van der Waals surface area contributed by atoms with Crippen LogP contribution < -0.4 is 0 Å². The minimum Gasteiger partial charge on any atom is -0.377 e. The van der Waals surface area contributed by atoms with Crippen LogP contribution in [0.25, 0.3) is 0 Å². The Morgan fingerprint density at radius 2 is 2.00 bits per heavy atom. The molecular weight excluding hydrogens is 168 g/mol. The molecule has 1 heterocycles. The van der Waals surface area contributed by atoms with Crippen LogP contribution in [-0.4, -0.2) is 24.2 Å². The smallest absolute Gasteiger partial charge is 0.377 e. The molecule has 0 aliphatic carbocycles. The van der Waals surface area contributed by atoms with Gasteiger partial charge in [-0.25, -0.2) is 0 Å². The number of aliphatic hydroxyl groups is 1. The Hall–Kier alpha value is -0.705. The van der Waals surface area contributed by atoms with E-state index in [0.717, 1.165) is 6.92 Å². The van der Waals surface area contributed by atoms with Crippen molar-refractivity contribution in [3.8, 4) is 0 Å². The normalized spacial score (nSPS) is 21.6. The Balaban J connectivity index is 2.86. The highest BCUT2D eigenvalue weighted by atomic mass is 19.4. The van der Waals surface area contributed by atoms with Crippen LogP contribution >= 0.6 is 0 Å². The Morgan fingerprint density at radius 1 is 1.42 bits per heavy atom. The summed E-state index contributed by atoms with van der Waals surface area (Å²) in [6.45, 7) is 0.770. The SMILES string of the molecule is CC(O)(C1=CC=CB1)C(F)(F)F. The van der Waals surface area contributed by atoms with Gasteiger partial charge in [0.2, 0.25) is 0 Å². The summed E-state index contributed by atoms with van der Waals surface area (Å²) in [5.41, 5.74) is -2.69. The fourth-order valence-corrected chi connectivity index (χ4v) is 0.990. The molecule has 12 heavy (non-hydrogen) atoms. The highest BCUT2D eigenvalue weighted by Gasteiger charge is 2.51. The Bertz CT molecular complexity index is 240. The maximum Gasteiger partial charge on any atom is 0.420 e. The van der Waals surface area contributed by atoms with Crippen LogP contribution in [0.5, 0.6) is 0 Å². The predicted molar refractivity (Wildman–Crippen MR) is 41.1 cm³/mol. The maximum absolute atomic E-state index is 12.2. The molecule has 0 saturated carbocycles. The molecule has 0 radical (unpaired) electrons. The van der Waals surface area contributed by atoms with Gasteiger partial charge in [0.25, 0.3) is 0 Å². The third-order valence-electron chi connectivity index (χ3n) is 1.95. The van der Waals surface area contributed by atoms with Crippen molar-refractivity contribution < 1.29 is 18.3 Å². The molecule has 0 aromatic carbocycles. The van der Waals surface area contributed by atoms with Crippen LogP contribution in [0.4, 0.5) is 13.2 Å². The van der Waals surface area contributed by atoms with Crippen LogP contribution in [0.3, 0.4) is 0 Å². The first-order valence-electron chi connectivity index (χ1n) is 3.51. The molecule has 0 amide bonds. The van der Waals surface area contributed by atoms with Gasteiger partial charge in [-0.1, -0.05) is 17.6 Å². The van der Waals surface area contributed by atoms with Crippen molar-refractivity contribution in [2.24, 2.45) is 0 Å². The Labute approximate surface area is 68.8 Å². The zero-order chi connectivity index (χ0) is 9.41. The summed E-state index contributed by atoms with van der Waals surface area (Å²) in [6, 6.07) is 0. The van der Waals surface area contributed by atoms with E-state index in [4.69, 9.17) is 5.11 Å². The number of hydrogen-bond donors (Lipinski definition) is 1. The van der Waals surface area contributed by atoms with Gasteiger partial charge in [-0.2, -0.15) is 13.2 Å². The van der Waals surface area contributed by atoms with Crippen molar-refractivity contribution in [1.82, 2.24) is 0 Å². The van der Waals surface area contributed by atoms with Gasteiger partial charge in [-0.3, -0.25) is 0 Å². The van der Waals surface area contributed by atoms with Gasteiger partial charge in [0.05, 0.1) is 0 Å². The van der Waals surface area contributed by atoms with Crippen LogP contribution in [0.1, 0.15) is 6.92 Å². The van der Waals surface area contributed by atoms with Crippen molar-refractivity contribution in [3.05, 3.63) is 23.6 Å². The van der Waals surface area contributed by atoms with Crippen LogP contribution in [0, 0.1) is 0 Å². The molecule has 1 aliphatic heterocycles. The fraction of sp³-hybridized carbons (Fsp3) is 0.429. The van der Waals surface area contributed by atoms with Crippen LogP contribution in [0.15, 0.2) is 23.6 Å². The van der Waals surface area contributed by atoms with E-state index in [0.29, 0.717) is 0 Å². The second-order valence-corrected chi connectivity index (χ2v) is 2.89. The van der Waals surface area contributed by atoms with Crippen molar-refractivity contribution in [3.63, 3.8) is 0 Å². The van der Waals surface area contributed by atoms with Gasteiger partial charge in [-0.05, 0) is 6.92 Å². The average Bonchev–Trinajstić information content (AvgIpc) is 2.34. The van der Waals surface area contributed by atoms with Gasteiger partial charge in [0.15, 0.2) is 12.9 Å². The maximum atomic E-state index is 12.2. The number of allylic oxidation sites excluding steroid dienone is 2. The van der Waals surface area contributed by atoms with Gasteiger partial charge in [0, 0.05) is 0 Å². The summed E-state index contributed by atoms with van der Waals surface area (Å²) in [6.07, 6.45) is -1.78. The van der Waals surface area contributed by atoms with E-state index in [1.54, 1.807) is 5.98 Å². The van der Waals surface area contributed by atoms with Crippen LogP contribution in [-0.2, 0) is 0 Å². The molecule has 1 atom stereocenters. The highest BCUT2D eigenvalue weighted by Crippen LogP contribution is 2.36. The summed E-state index contributed by atoms with van der Waals surface area (Å²) in [4.78, 5) is 0. The highest BCUT2D eigenvalue weighted by molar-refractivity contribution is 6.53. The molecule has 1 rings (SSSR count). The second kappa shape index (κ2) is 2.66. The van der Waals surface area contributed by atoms with E-state index in [1.807, 2.05) is 0 Å². The lowest BCUT2D eigenvalue weighted by atomic mass is 9.65. The molecule has 0 bridgehead atoms. The molecule has 0 aromatic rings. The molecule has 66 valence electrons. The predicted octanol–water partition coefficient (Wildman–Crippen LogP) is 1.15. The van der Waals surface area contributed by atoms with Crippen molar-refractivity contribution in [2.45, 2.75) is 18.7 Å². The zero-order valence-corrected chi connectivity index (χ0v) is 6.52. The fourth-order valence-electron chi connectivity index (χ4n) is 0.990. The van der Waals surface area contributed by atoms with E-state index in [1.165, 1.54) is 12.2 Å². The third kappa shape index (κ3) is 1.41. The Kier molecular flexibility index (Phi) is 2.08. The number of rotatable bonds is 1. The quantitative estimate of drug-likeness (QED) is 0.594. The molecule has 0 saturated heterocycles. The lowest BCUT2D eigenvalue weighted by molar-refractivity contribution is -0.234. The number of alkyl halides is 3. The van der Waals surface area contributed by atoms with Crippen molar-refractivity contribution >= 4 is 7.28 Å². The molecule has 0 spiro atoms. The lowest BCUT2D eigenvalue weighted by Gasteiger charge is -2.27. The van der Waals surface area contributed by atoms with Gasteiger partial charge in [-0.15, -0.1) is 5.98 Å². The number of hydrogen-bond acceptors (Lipinski definition) is 1. The molecule has 1 nitrogen and oxygen atoms in total. The summed E-state index contributed by atoms with van der Waals surface area (Å²) in [5, 5.41) is 9.12. The third-order valence-corrected chi connectivity index (χ3v) is 1.95. The van der Waals surface area contributed by atoms with E-state index in [2.05, 4.69) is 0 Å². The van der Waals surface area contributed by atoms with E-state index in [-0.39, 0.29) is 12.8 Å². The Morgan fingerprint density at radius 3 is 2.33 bits per heavy atom. The van der Waals surface area contributed by atoms with Gasteiger partial charge >= 0.3 is 6.18 Å². The molecule has 1 unspecified atom stereocenters. The number of halogens is 3.